The molecule has 1 saturated carbocycles. The van der Waals surface area contributed by atoms with Crippen molar-refractivity contribution in [3.63, 3.8) is 0 Å². The number of nitrogens with two attached hydrogens (primary N) is 1. The summed E-state index contributed by atoms with van der Waals surface area (Å²) in [6, 6.07) is 0.489. The van der Waals surface area contributed by atoms with Crippen LogP contribution in [-0.2, 0) is 0 Å². The van der Waals surface area contributed by atoms with Crippen LogP contribution in [0.3, 0.4) is 0 Å². The number of hydrogen-bond donors (Lipinski definition) is 1. The maximum Gasteiger partial charge on any atom is 0.00441 e. The second-order valence-electron chi connectivity index (χ2n) is 4.06. The highest BCUT2D eigenvalue weighted by atomic mass is 14.6. The van der Waals surface area contributed by atoms with Gasteiger partial charge in [0.05, 0.1) is 0 Å². The molecule has 1 aliphatic carbocycles. The Morgan fingerprint density at radius 2 is 2.00 bits per heavy atom. The molecule has 0 aliphatic heterocycles. The molecule has 0 aromatic carbocycles. The lowest BCUT2D eigenvalue weighted by Crippen LogP contribution is -2.35. The van der Waals surface area contributed by atoms with Gasteiger partial charge in [-0.1, -0.05) is 33.1 Å². The molecule has 1 unspecified atom stereocenters. The van der Waals surface area contributed by atoms with E-state index < -0.39 is 0 Å². The molecule has 0 bridgehead atoms. The van der Waals surface area contributed by atoms with Gasteiger partial charge in [-0.3, -0.25) is 0 Å². The van der Waals surface area contributed by atoms with Gasteiger partial charge in [0.25, 0.3) is 0 Å². The molecule has 1 fully saturated rings. The summed E-state index contributed by atoms with van der Waals surface area (Å²) in [6.07, 6.45) is 7.91. The normalized spacial score (nSPS) is 30.3. The van der Waals surface area contributed by atoms with Crippen LogP contribution in [0.25, 0.3) is 0 Å². The molecule has 1 nitrogen and oxygen atoms in total. The SMILES string of the molecule is CCC1(CC)CCCC(N)C1. The Morgan fingerprint density at radius 3 is 2.36 bits per heavy atom. The molecular formula is C10H21N. The quantitative estimate of drug-likeness (QED) is 0.652. The van der Waals surface area contributed by atoms with Gasteiger partial charge in [-0.25, -0.2) is 0 Å². The zero-order valence-corrected chi connectivity index (χ0v) is 7.90. The summed E-state index contributed by atoms with van der Waals surface area (Å²) >= 11 is 0. The molecule has 0 aromatic heterocycles. The fourth-order valence-electron chi connectivity index (χ4n) is 2.39. The van der Waals surface area contributed by atoms with Crippen LogP contribution in [0.15, 0.2) is 0 Å². The van der Waals surface area contributed by atoms with E-state index in [0.29, 0.717) is 11.5 Å². The molecule has 66 valence electrons. The number of rotatable bonds is 2. The van der Waals surface area contributed by atoms with Crippen molar-refractivity contribution in [2.75, 3.05) is 0 Å². The van der Waals surface area contributed by atoms with Crippen molar-refractivity contribution in [2.24, 2.45) is 11.1 Å². The molecule has 1 rings (SSSR count). The van der Waals surface area contributed by atoms with Crippen LogP contribution >= 0.6 is 0 Å². The van der Waals surface area contributed by atoms with Crippen LogP contribution in [-0.4, -0.2) is 6.04 Å². The predicted molar refractivity (Wildman–Crippen MR) is 49.5 cm³/mol. The minimum atomic E-state index is 0.489. The van der Waals surface area contributed by atoms with Crippen LogP contribution in [0.1, 0.15) is 52.4 Å². The van der Waals surface area contributed by atoms with Crippen molar-refractivity contribution in [2.45, 2.75) is 58.4 Å². The third-order valence-corrected chi connectivity index (χ3v) is 3.48. The fraction of sp³-hybridized carbons (Fsp3) is 1.00. The van der Waals surface area contributed by atoms with E-state index in [-0.39, 0.29) is 0 Å². The molecule has 0 radical (unpaired) electrons. The molecule has 0 spiro atoms. The predicted octanol–water partition coefficient (Wildman–Crippen LogP) is 2.69. The lowest BCUT2D eigenvalue weighted by atomic mass is 9.69. The smallest absolute Gasteiger partial charge is 0.00441 e. The standard InChI is InChI=1S/C10H21N/c1-3-10(4-2)7-5-6-9(11)8-10/h9H,3-8,11H2,1-2H3. The first kappa shape index (κ1) is 9.05. The zero-order chi connectivity index (χ0) is 8.32. The highest BCUT2D eigenvalue weighted by molar-refractivity contribution is 4.85. The molecule has 0 heterocycles. The molecule has 1 atom stereocenters. The van der Waals surface area contributed by atoms with Gasteiger partial charge in [0, 0.05) is 6.04 Å². The minimum Gasteiger partial charge on any atom is -0.328 e. The molecule has 2 N–H and O–H groups in total. The van der Waals surface area contributed by atoms with Crippen LogP contribution in [0, 0.1) is 5.41 Å². The van der Waals surface area contributed by atoms with E-state index in [4.69, 9.17) is 5.73 Å². The van der Waals surface area contributed by atoms with Crippen molar-refractivity contribution < 1.29 is 0 Å². The van der Waals surface area contributed by atoms with Crippen molar-refractivity contribution in [1.29, 1.82) is 0 Å². The van der Waals surface area contributed by atoms with Gasteiger partial charge in [-0.2, -0.15) is 0 Å². The Morgan fingerprint density at radius 1 is 1.36 bits per heavy atom. The Labute approximate surface area is 70.4 Å². The van der Waals surface area contributed by atoms with Gasteiger partial charge < -0.3 is 5.73 Å². The summed E-state index contributed by atoms with van der Waals surface area (Å²) in [5.41, 5.74) is 6.57. The fourth-order valence-corrected chi connectivity index (χ4v) is 2.39. The monoisotopic (exact) mass is 155 g/mol. The summed E-state index contributed by atoms with van der Waals surface area (Å²) in [5.74, 6) is 0. The van der Waals surface area contributed by atoms with Crippen LogP contribution in [0.4, 0.5) is 0 Å². The van der Waals surface area contributed by atoms with E-state index in [1.807, 2.05) is 0 Å². The summed E-state index contributed by atoms with van der Waals surface area (Å²) < 4.78 is 0. The van der Waals surface area contributed by atoms with Crippen molar-refractivity contribution >= 4 is 0 Å². The summed E-state index contributed by atoms with van der Waals surface area (Å²) in [4.78, 5) is 0. The largest absolute Gasteiger partial charge is 0.328 e. The van der Waals surface area contributed by atoms with Crippen molar-refractivity contribution in [1.82, 2.24) is 0 Å². The highest BCUT2D eigenvalue weighted by Gasteiger charge is 2.31. The first-order valence-electron chi connectivity index (χ1n) is 4.98. The molecule has 0 amide bonds. The number of hydrogen-bond acceptors (Lipinski definition) is 1. The minimum absolute atomic E-state index is 0.489. The Bertz CT molecular complexity index is 116. The van der Waals surface area contributed by atoms with Gasteiger partial charge in [0.15, 0.2) is 0 Å². The summed E-state index contributed by atoms with van der Waals surface area (Å²) in [7, 11) is 0. The maximum absolute atomic E-state index is 5.96. The molecule has 0 aromatic rings. The van der Waals surface area contributed by atoms with Gasteiger partial charge in [0.2, 0.25) is 0 Å². The third kappa shape index (κ3) is 1.96. The Hall–Kier alpha value is -0.0400. The average Bonchev–Trinajstić information content (AvgIpc) is 2.04. The van der Waals surface area contributed by atoms with E-state index in [2.05, 4.69) is 13.8 Å². The average molecular weight is 155 g/mol. The van der Waals surface area contributed by atoms with Crippen LogP contribution in [0.2, 0.25) is 0 Å². The van der Waals surface area contributed by atoms with Crippen LogP contribution < -0.4 is 5.73 Å². The van der Waals surface area contributed by atoms with Gasteiger partial charge in [-0.15, -0.1) is 0 Å². The van der Waals surface area contributed by atoms with E-state index in [1.54, 1.807) is 0 Å². The summed E-state index contributed by atoms with van der Waals surface area (Å²) in [5, 5.41) is 0. The lowest BCUT2D eigenvalue weighted by molar-refractivity contribution is 0.156. The van der Waals surface area contributed by atoms with Crippen molar-refractivity contribution in [3.05, 3.63) is 0 Å². The second-order valence-corrected chi connectivity index (χ2v) is 4.06. The van der Waals surface area contributed by atoms with E-state index in [9.17, 15) is 0 Å². The third-order valence-electron chi connectivity index (χ3n) is 3.48. The molecule has 0 saturated heterocycles. The summed E-state index contributed by atoms with van der Waals surface area (Å²) in [6.45, 7) is 4.61. The highest BCUT2D eigenvalue weighted by Crippen LogP contribution is 2.41. The second kappa shape index (κ2) is 3.57. The first-order chi connectivity index (χ1) is 5.22. The van der Waals surface area contributed by atoms with E-state index >= 15 is 0 Å². The lowest BCUT2D eigenvalue weighted by Gasteiger charge is -2.38. The van der Waals surface area contributed by atoms with Crippen LogP contribution in [0.5, 0.6) is 0 Å². The van der Waals surface area contributed by atoms with E-state index in [0.717, 1.165) is 0 Å². The van der Waals surface area contributed by atoms with Gasteiger partial charge in [0.1, 0.15) is 0 Å². The van der Waals surface area contributed by atoms with Crippen molar-refractivity contribution in [3.8, 4) is 0 Å². The first-order valence-corrected chi connectivity index (χ1v) is 4.98. The van der Waals surface area contributed by atoms with Gasteiger partial charge >= 0.3 is 0 Å². The topological polar surface area (TPSA) is 26.0 Å². The maximum atomic E-state index is 5.96. The Kier molecular flexibility index (Phi) is 2.94. The van der Waals surface area contributed by atoms with E-state index in [1.165, 1.54) is 38.5 Å². The van der Waals surface area contributed by atoms with Gasteiger partial charge in [-0.05, 0) is 24.7 Å². The molecule has 1 heteroatoms. The molecular weight excluding hydrogens is 134 g/mol. The zero-order valence-electron chi connectivity index (χ0n) is 7.90. The Balaban J connectivity index is 2.52. The molecule has 11 heavy (non-hydrogen) atoms. The molecule has 1 aliphatic rings.